The first-order valence-corrected chi connectivity index (χ1v) is 5.54. The number of nitrogens with one attached hydrogen (secondary N) is 2. The zero-order valence-corrected chi connectivity index (χ0v) is 9.45. The molecule has 16 heavy (non-hydrogen) atoms. The smallest absolute Gasteiger partial charge is 0.317 e. The summed E-state index contributed by atoms with van der Waals surface area (Å²) in [7, 11) is 0. The van der Waals surface area contributed by atoms with E-state index in [0.29, 0.717) is 6.54 Å². The van der Waals surface area contributed by atoms with Gasteiger partial charge in [0.15, 0.2) is 0 Å². The molecule has 1 aromatic heterocycles. The van der Waals surface area contributed by atoms with Gasteiger partial charge in [-0.25, -0.2) is 4.79 Å². The van der Waals surface area contributed by atoms with Crippen molar-refractivity contribution in [3.8, 4) is 0 Å². The van der Waals surface area contributed by atoms with E-state index in [0.717, 1.165) is 37.5 Å². The number of carbonyl (C=O) groups excluding carboxylic acids is 1. The first-order valence-electron chi connectivity index (χ1n) is 5.54. The third-order valence-electron chi connectivity index (χ3n) is 2.77. The van der Waals surface area contributed by atoms with E-state index in [1.807, 2.05) is 17.9 Å². The molecule has 2 heterocycles. The second kappa shape index (κ2) is 5.03. The Kier molecular flexibility index (Phi) is 3.46. The summed E-state index contributed by atoms with van der Waals surface area (Å²) >= 11 is 0. The Morgan fingerprint density at radius 3 is 2.94 bits per heavy atom. The van der Waals surface area contributed by atoms with Crippen molar-refractivity contribution in [2.45, 2.75) is 13.5 Å². The van der Waals surface area contributed by atoms with Gasteiger partial charge < -0.3 is 20.0 Å². The maximum Gasteiger partial charge on any atom is 0.317 e. The summed E-state index contributed by atoms with van der Waals surface area (Å²) in [5, 5.41) is 6.07. The van der Waals surface area contributed by atoms with Crippen molar-refractivity contribution in [2.24, 2.45) is 0 Å². The predicted octanol–water partition coefficient (Wildman–Crippen LogP) is 0.703. The van der Waals surface area contributed by atoms with Crippen LogP contribution in [0.25, 0.3) is 0 Å². The number of furan rings is 1. The normalized spacial score (nSPS) is 16.2. The molecule has 0 bridgehead atoms. The highest BCUT2D eigenvalue weighted by Gasteiger charge is 2.15. The highest BCUT2D eigenvalue weighted by Crippen LogP contribution is 2.08. The van der Waals surface area contributed by atoms with Gasteiger partial charge in [-0.3, -0.25) is 0 Å². The Morgan fingerprint density at radius 1 is 1.56 bits per heavy atom. The molecule has 1 aliphatic rings. The lowest BCUT2D eigenvalue weighted by Crippen LogP contribution is -2.50. The molecule has 88 valence electrons. The van der Waals surface area contributed by atoms with E-state index in [4.69, 9.17) is 4.42 Å². The molecule has 0 atom stereocenters. The van der Waals surface area contributed by atoms with E-state index < -0.39 is 0 Å². The average Bonchev–Trinajstić information content (AvgIpc) is 2.73. The maximum atomic E-state index is 11.7. The van der Waals surface area contributed by atoms with Crippen LogP contribution < -0.4 is 10.6 Å². The van der Waals surface area contributed by atoms with Crippen molar-refractivity contribution in [3.05, 3.63) is 23.7 Å². The molecule has 1 fully saturated rings. The predicted molar refractivity (Wildman–Crippen MR) is 60.1 cm³/mol. The Bertz CT molecular complexity index is 356. The lowest BCUT2D eigenvalue weighted by atomic mass is 10.3. The molecule has 2 rings (SSSR count). The van der Waals surface area contributed by atoms with Gasteiger partial charge in [0.05, 0.1) is 12.8 Å². The third kappa shape index (κ3) is 2.55. The fraction of sp³-hybridized carbons (Fsp3) is 0.545. The molecule has 2 amide bonds. The molecule has 5 heteroatoms. The van der Waals surface area contributed by atoms with Crippen molar-refractivity contribution < 1.29 is 9.21 Å². The Balaban J connectivity index is 1.81. The largest absolute Gasteiger partial charge is 0.467 e. The third-order valence-corrected chi connectivity index (χ3v) is 2.77. The van der Waals surface area contributed by atoms with E-state index in [9.17, 15) is 4.79 Å². The number of piperazine rings is 1. The summed E-state index contributed by atoms with van der Waals surface area (Å²) in [5.74, 6) is 0.823. The van der Waals surface area contributed by atoms with Crippen LogP contribution in [-0.2, 0) is 6.54 Å². The molecule has 0 aliphatic carbocycles. The first-order chi connectivity index (χ1) is 7.77. The number of amides is 2. The average molecular weight is 223 g/mol. The number of aryl methyl sites for hydroxylation is 1. The summed E-state index contributed by atoms with van der Waals surface area (Å²) < 4.78 is 5.26. The lowest BCUT2D eigenvalue weighted by molar-refractivity contribution is 0.189. The van der Waals surface area contributed by atoms with E-state index in [1.54, 1.807) is 6.26 Å². The maximum absolute atomic E-state index is 11.7. The Labute approximate surface area is 94.8 Å². The van der Waals surface area contributed by atoms with E-state index in [2.05, 4.69) is 10.6 Å². The first kappa shape index (κ1) is 11.0. The second-order valence-electron chi connectivity index (χ2n) is 3.92. The summed E-state index contributed by atoms with van der Waals surface area (Å²) in [6.45, 7) is 5.70. The van der Waals surface area contributed by atoms with Crippen LogP contribution in [0.4, 0.5) is 4.79 Å². The van der Waals surface area contributed by atoms with Gasteiger partial charge in [-0.1, -0.05) is 0 Å². The van der Waals surface area contributed by atoms with Crippen molar-refractivity contribution >= 4 is 6.03 Å². The van der Waals surface area contributed by atoms with Gasteiger partial charge in [-0.2, -0.15) is 0 Å². The summed E-state index contributed by atoms with van der Waals surface area (Å²) in [6.07, 6.45) is 1.64. The van der Waals surface area contributed by atoms with Crippen LogP contribution in [0.5, 0.6) is 0 Å². The topological polar surface area (TPSA) is 57.5 Å². The van der Waals surface area contributed by atoms with Crippen LogP contribution in [-0.4, -0.2) is 37.1 Å². The van der Waals surface area contributed by atoms with Crippen LogP contribution in [0.1, 0.15) is 11.3 Å². The van der Waals surface area contributed by atoms with Crippen molar-refractivity contribution in [2.75, 3.05) is 26.2 Å². The minimum absolute atomic E-state index is 0.0164. The van der Waals surface area contributed by atoms with Crippen molar-refractivity contribution in [1.29, 1.82) is 0 Å². The highest BCUT2D eigenvalue weighted by atomic mass is 16.3. The van der Waals surface area contributed by atoms with Gasteiger partial charge in [-0.05, 0) is 18.6 Å². The number of nitrogens with zero attached hydrogens (tertiary/aromatic N) is 1. The molecule has 1 saturated heterocycles. The van der Waals surface area contributed by atoms with E-state index in [-0.39, 0.29) is 6.03 Å². The highest BCUT2D eigenvalue weighted by molar-refractivity contribution is 5.74. The molecule has 2 N–H and O–H groups in total. The van der Waals surface area contributed by atoms with Gasteiger partial charge in [0, 0.05) is 26.2 Å². The number of urea groups is 1. The number of hydrogen-bond donors (Lipinski definition) is 2. The SMILES string of the molecule is Cc1ccoc1CNC(=O)N1CCNCC1. The molecule has 0 unspecified atom stereocenters. The van der Waals surface area contributed by atoms with Crippen LogP contribution in [0, 0.1) is 6.92 Å². The second-order valence-corrected chi connectivity index (χ2v) is 3.92. The molecular formula is C11H17N3O2. The zero-order chi connectivity index (χ0) is 11.4. The number of carbonyl (C=O) groups is 1. The van der Waals surface area contributed by atoms with Crippen LogP contribution >= 0.6 is 0 Å². The van der Waals surface area contributed by atoms with Crippen LogP contribution in [0.2, 0.25) is 0 Å². The molecule has 0 aromatic carbocycles. The van der Waals surface area contributed by atoms with Gasteiger partial charge in [0.1, 0.15) is 5.76 Å². The molecule has 5 nitrogen and oxygen atoms in total. The van der Waals surface area contributed by atoms with Gasteiger partial charge in [0.25, 0.3) is 0 Å². The van der Waals surface area contributed by atoms with E-state index in [1.165, 1.54) is 0 Å². The van der Waals surface area contributed by atoms with Crippen LogP contribution in [0.15, 0.2) is 16.7 Å². The standard InChI is InChI=1S/C11H17N3O2/c1-9-2-7-16-10(9)8-13-11(15)14-5-3-12-4-6-14/h2,7,12H,3-6,8H2,1H3,(H,13,15). The van der Waals surface area contributed by atoms with Gasteiger partial charge in [0.2, 0.25) is 0 Å². The minimum Gasteiger partial charge on any atom is -0.467 e. The molecule has 0 saturated carbocycles. The quantitative estimate of drug-likeness (QED) is 0.776. The monoisotopic (exact) mass is 223 g/mol. The van der Waals surface area contributed by atoms with E-state index >= 15 is 0 Å². The number of hydrogen-bond acceptors (Lipinski definition) is 3. The molecular weight excluding hydrogens is 206 g/mol. The van der Waals surface area contributed by atoms with Gasteiger partial charge >= 0.3 is 6.03 Å². The molecule has 1 aromatic rings. The Hall–Kier alpha value is -1.49. The fourth-order valence-electron chi connectivity index (χ4n) is 1.72. The van der Waals surface area contributed by atoms with Crippen molar-refractivity contribution in [3.63, 3.8) is 0 Å². The number of rotatable bonds is 2. The van der Waals surface area contributed by atoms with Crippen molar-refractivity contribution in [1.82, 2.24) is 15.5 Å². The summed E-state index contributed by atoms with van der Waals surface area (Å²) in [5.41, 5.74) is 1.07. The fourth-order valence-corrected chi connectivity index (χ4v) is 1.72. The minimum atomic E-state index is -0.0164. The Morgan fingerprint density at radius 2 is 2.31 bits per heavy atom. The van der Waals surface area contributed by atoms with Crippen LogP contribution in [0.3, 0.4) is 0 Å². The van der Waals surface area contributed by atoms with Gasteiger partial charge in [-0.15, -0.1) is 0 Å². The zero-order valence-electron chi connectivity index (χ0n) is 9.45. The summed E-state index contributed by atoms with van der Waals surface area (Å²) in [4.78, 5) is 13.6. The molecule has 0 radical (unpaired) electrons. The molecule has 0 spiro atoms. The molecule has 1 aliphatic heterocycles. The summed E-state index contributed by atoms with van der Waals surface area (Å²) in [6, 6.07) is 1.88. The lowest BCUT2D eigenvalue weighted by Gasteiger charge is -2.27.